The lowest BCUT2D eigenvalue weighted by Gasteiger charge is -2.23. The smallest absolute Gasteiger partial charge is 0.163 e. The molecule has 0 amide bonds. The van der Waals surface area contributed by atoms with E-state index in [0.717, 1.165) is 47.5 Å². The number of rotatable bonds is 8. The number of thiazole rings is 1. The maximum atomic E-state index is 14.9. The lowest BCUT2D eigenvalue weighted by Crippen LogP contribution is -2.31. The molecule has 0 atom stereocenters. The third-order valence-electron chi connectivity index (χ3n) is 6.74. The van der Waals surface area contributed by atoms with E-state index in [-0.39, 0.29) is 5.82 Å². The third-order valence-corrected chi connectivity index (χ3v) is 7.56. The number of hydrogen-bond donors (Lipinski definition) is 3. The van der Waals surface area contributed by atoms with Gasteiger partial charge in [0.1, 0.15) is 22.5 Å². The molecule has 176 valence electrons. The van der Waals surface area contributed by atoms with E-state index in [1.807, 2.05) is 34.3 Å². The summed E-state index contributed by atoms with van der Waals surface area (Å²) in [6.07, 6.45) is 8.40. The van der Waals surface area contributed by atoms with Gasteiger partial charge in [0.2, 0.25) is 0 Å². The van der Waals surface area contributed by atoms with Crippen molar-refractivity contribution in [1.29, 1.82) is 0 Å². The van der Waals surface area contributed by atoms with Crippen molar-refractivity contribution < 1.29 is 4.39 Å². The van der Waals surface area contributed by atoms with E-state index in [9.17, 15) is 4.39 Å². The summed E-state index contributed by atoms with van der Waals surface area (Å²) in [5, 5.41) is 17.7. The SMILES string of the molecule is Fc1cc(-c2nccs2)ccc1CNc1cc(NCC2CCNCC2)nc2c(C3CC3)cnn12. The van der Waals surface area contributed by atoms with Gasteiger partial charge in [-0.05, 0) is 56.7 Å². The number of fused-ring (bicyclic) bond motifs is 1. The minimum Gasteiger partial charge on any atom is -0.370 e. The van der Waals surface area contributed by atoms with Gasteiger partial charge in [0.15, 0.2) is 5.65 Å². The van der Waals surface area contributed by atoms with Crippen LogP contribution in [0, 0.1) is 11.7 Å². The number of nitrogens with one attached hydrogen (secondary N) is 3. The Labute approximate surface area is 201 Å². The Kier molecular flexibility index (Phi) is 5.88. The average molecular weight is 478 g/mol. The van der Waals surface area contributed by atoms with Crippen molar-refractivity contribution in [2.75, 3.05) is 30.3 Å². The molecule has 1 aliphatic carbocycles. The Morgan fingerprint density at radius 1 is 1.12 bits per heavy atom. The van der Waals surface area contributed by atoms with E-state index < -0.39 is 0 Å². The molecule has 1 aliphatic heterocycles. The monoisotopic (exact) mass is 477 g/mol. The molecule has 9 heteroatoms. The van der Waals surface area contributed by atoms with Crippen molar-refractivity contribution in [2.45, 2.75) is 38.1 Å². The molecule has 4 aromatic rings. The molecule has 0 spiro atoms. The number of anilines is 2. The van der Waals surface area contributed by atoms with Gasteiger partial charge in [-0.15, -0.1) is 11.3 Å². The van der Waals surface area contributed by atoms with Crippen LogP contribution in [0.1, 0.15) is 42.7 Å². The number of hydrogen-bond acceptors (Lipinski definition) is 7. The highest BCUT2D eigenvalue weighted by Crippen LogP contribution is 2.42. The van der Waals surface area contributed by atoms with Crippen LogP contribution in [0.25, 0.3) is 16.2 Å². The minimum absolute atomic E-state index is 0.242. The quantitative estimate of drug-likeness (QED) is 0.335. The van der Waals surface area contributed by atoms with Crippen LogP contribution in [0.4, 0.5) is 16.0 Å². The van der Waals surface area contributed by atoms with Gasteiger partial charge in [-0.3, -0.25) is 0 Å². The van der Waals surface area contributed by atoms with Crippen LogP contribution in [-0.4, -0.2) is 39.2 Å². The number of piperidine rings is 1. The molecule has 2 fully saturated rings. The van der Waals surface area contributed by atoms with E-state index >= 15 is 0 Å². The van der Waals surface area contributed by atoms with Gasteiger partial charge in [0.25, 0.3) is 0 Å². The fraction of sp³-hybridized carbons (Fsp3) is 0.400. The summed E-state index contributed by atoms with van der Waals surface area (Å²) >= 11 is 1.51. The summed E-state index contributed by atoms with van der Waals surface area (Å²) in [6, 6.07) is 7.29. The minimum atomic E-state index is -0.242. The second-order valence-corrected chi connectivity index (χ2v) is 10.1. The molecule has 7 nitrogen and oxygen atoms in total. The molecule has 34 heavy (non-hydrogen) atoms. The molecule has 1 aromatic carbocycles. The molecule has 4 heterocycles. The predicted molar refractivity (Wildman–Crippen MR) is 134 cm³/mol. The maximum Gasteiger partial charge on any atom is 0.163 e. The first kappa shape index (κ1) is 21.5. The summed E-state index contributed by atoms with van der Waals surface area (Å²) in [4.78, 5) is 9.18. The molecule has 0 bridgehead atoms. The molecular weight excluding hydrogens is 449 g/mol. The van der Waals surface area contributed by atoms with Crippen molar-refractivity contribution in [1.82, 2.24) is 24.9 Å². The van der Waals surface area contributed by atoms with Crippen LogP contribution < -0.4 is 16.0 Å². The van der Waals surface area contributed by atoms with E-state index in [1.165, 1.54) is 42.6 Å². The first-order valence-corrected chi connectivity index (χ1v) is 12.9. The molecule has 3 aromatic heterocycles. The highest BCUT2D eigenvalue weighted by Gasteiger charge is 2.28. The molecule has 0 radical (unpaired) electrons. The van der Waals surface area contributed by atoms with E-state index in [4.69, 9.17) is 4.98 Å². The largest absolute Gasteiger partial charge is 0.370 e. The van der Waals surface area contributed by atoms with Crippen molar-refractivity contribution in [3.63, 3.8) is 0 Å². The lowest BCUT2D eigenvalue weighted by molar-refractivity contribution is 0.389. The second-order valence-electron chi connectivity index (χ2n) is 9.21. The Bertz CT molecular complexity index is 1280. The van der Waals surface area contributed by atoms with Crippen LogP contribution in [-0.2, 0) is 6.54 Å². The van der Waals surface area contributed by atoms with Crippen LogP contribution in [0.2, 0.25) is 0 Å². The Balaban J connectivity index is 1.24. The zero-order chi connectivity index (χ0) is 22.9. The second kappa shape index (κ2) is 9.31. The van der Waals surface area contributed by atoms with Crippen LogP contribution in [0.5, 0.6) is 0 Å². The fourth-order valence-electron chi connectivity index (χ4n) is 4.59. The van der Waals surface area contributed by atoms with Crippen LogP contribution >= 0.6 is 11.3 Å². The van der Waals surface area contributed by atoms with E-state index in [0.29, 0.717) is 23.9 Å². The Hall–Kier alpha value is -3.04. The molecule has 2 aliphatic rings. The third kappa shape index (κ3) is 4.50. The van der Waals surface area contributed by atoms with Gasteiger partial charge >= 0.3 is 0 Å². The summed E-state index contributed by atoms with van der Waals surface area (Å²) in [7, 11) is 0. The molecular formula is C25H28FN7S. The summed E-state index contributed by atoms with van der Waals surface area (Å²) < 4.78 is 16.7. The summed E-state index contributed by atoms with van der Waals surface area (Å²) in [6.45, 7) is 3.42. The molecule has 1 saturated heterocycles. The topological polar surface area (TPSA) is 79.2 Å². The van der Waals surface area contributed by atoms with Gasteiger partial charge in [-0.2, -0.15) is 9.61 Å². The number of aromatic nitrogens is 4. The number of halogens is 1. The molecule has 0 unspecified atom stereocenters. The molecule has 3 N–H and O–H groups in total. The fourth-order valence-corrected chi connectivity index (χ4v) is 5.22. The summed E-state index contributed by atoms with van der Waals surface area (Å²) in [5.74, 6) is 2.61. The number of nitrogens with zero attached hydrogens (tertiary/aromatic N) is 4. The van der Waals surface area contributed by atoms with Gasteiger partial charge in [-0.1, -0.05) is 12.1 Å². The Morgan fingerprint density at radius 2 is 2.00 bits per heavy atom. The van der Waals surface area contributed by atoms with Crippen molar-refractivity contribution >= 4 is 28.6 Å². The Morgan fingerprint density at radius 3 is 2.76 bits per heavy atom. The van der Waals surface area contributed by atoms with Crippen molar-refractivity contribution in [3.8, 4) is 10.6 Å². The van der Waals surface area contributed by atoms with Gasteiger partial charge in [0.05, 0.1) is 6.20 Å². The zero-order valence-corrected chi connectivity index (χ0v) is 19.7. The van der Waals surface area contributed by atoms with E-state index in [1.54, 1.807) is 12.3 Å². The van der Waals surface area contributed by atoms with Crippen LogP contribution in [0.15, 0.2) is 42.0 Å². The first-order valence-electron chi connectivity index (χ1n) is 12.0. The molecule has 6 rings (SSSR count). The van der Waals surface area contributed by atoms with E-state index in [2.05, 4.69) is 26.0 Å². The highest BCUT2D eigenvalue weighted by molar-refractivity contribution is 7.13. The van der Waals surface area contributed by atoms with Crippen LogP contribution in [0.3, 0.4) is 0 Å². The van der Waals surface area contributed by atoms with Gasteiger partial charge < -0.3 is 16.0 Å². The normalized spacial score (nSPS) is 16.7. The van der Waals surface area contributed by atoms with Gasteiger partial charge in [0, 0.05) is 47.4 Å². The maximum absolute atomic E-state index is 14.9. The molecule has 1 saturated carbocycles. The van der Waals surface area contributed by atoms with Gasteiger partial charge in [-0.25, -0.2) is 14.4 Å². The van der Waals surface area contributed by atoms with Crippen molar-refractivity contribution in [3.05, 3.63) is 59.0 Å². The summed E-state index contributed by atoms with van der Waals surface area (Å²) in [5.41, 5.74) is 3.49. The first-order chi connectivity index (χ1) is 16.7. The predicted octanol–water partition coefficient (Wildman–Crippen LogP) is 4.89. The highest BCUT2D eigenvalue weighted by atomic mass is 32.1. The lowest BCUT2D eigenvalue weighted by atomic mass is 9.98. The standard InChI is InChI=1S/C25H28FN7S/c26-21-11-18(25-28-9-10-34-25)3-4-19(21)14-30-23-12-22(29-13-16-5-7-27-8-6-16)32-24-20(17-1-2-17)15-31-33(23)24/h3-4,9-12,15-17,27,30H,1-2,5-8,13-14H2,(H,29,32). The zero-order valence-electron chi connectivity index (χ0n) is 18.9. The average Bonchev–Trinajstić information content (AvgIpc) is 3.38. The van der Waals surface area contributed by atoms with Crippen molar-refractivity contribution in [2.24, 2.45) is 5.92 Å². The number of benzene rings is 1.